The zero-order valence-corrected chi connectivity index (χ0v) is 8.23. The van der Waals surface area contributed by atoms with E-state index in [0.29, 0.717) is 12.5 Å². The summed E-state index contributed by atoms with van der Waals surface area (Å²) in [5.74, 6) is 0.510. The fourth-order valence-corrected chi connectivity index (χ4v) is 2.89. The van der Waals surface area contributed by atoms with Crippen molar-refractivity contribution in [2.24, 2.45) is 11.3 Å². The summed E-state index contributed by atoms with van der Waals surface area (Å²) in [4.78, 5) is 2.12. The Morgan fingerprint density at radius 2 is 2.08 bits per heavy atom. The van der Waals surface area contributed by atoms with Gasteiger partial charge in [0.15, 0.2) is 0 Å². The quantitative estimate of drug-likeness (QED) is 0.584. The van der Waals surface area contributed by atoms with Crippen molar-refractivity contribution in [3.05, 3.63) is 0 Å². The number of hydrogen-bond acceptors (Lipinski definition) is 1. The molecule has 2 rings (SSSR count). The molecule has 1 aliphatic heterocycles. The first-order valence-electron chi connectivity index (χ1n) is 4.88. The van der Waals surface area contributed by atoms with Crippen LogP contribution in [0.1, 0.15) is 26.7 Å². The second-order valence-corrected chi connectivity index (χ2v) is 4.94. The molecular weight excluding hydrogens is 153 g/mol. The maximum absolute atomic E-state index is 14.1. The monoisotopic (exact) mass is 171 g/mol. The molecule has 2 atom stereocenters. The van der Waals surface area contributed by atoms with Gasteiger partial charge in [-0.1, -0.05) is 13.8 Å². The van der Waals surface area contributed by atoms with Crippen LogP contribution >= 0.6 is 0 Å². The Morgan fingerprint density at radius 1 is 1.42 bits per heavy atom. The molecule has 2 fully saturated rings. The van der Waals surface area contributed by atoms with E-state index < -0.39 is 5.67 Å². The molecule has 0 aromatic carbocycles. The van der Waals surface area contributed by atoms with E-state index in [0.717, 1.165) is 19.4 Å². The number of fused-ring (bicyclic) bond motifs is 1. The SMILES string of the molecule is CC(C)C12CCN(C)CC1(F)C2. The van der Waals surface area contributed by atoms with Gasteiger partial charge in [0, 0.05) is 12.0 Å². The minimum atomic E-state index is -0.839. The van der Waals surface area contributed by atoms with Gasteiger partial charge >= 0.3 is 0 Å². The van der Waals surface area contributed by atoms with Gasteiger partial charge in [-0.15, -0.1) is 0 Å². The lowest BCUT2D eigenvalue weighted by atomic mass is 9.83. The van der Waals surface area contributed by atoms with Gasteiger partial charge in [-0.05, 0) is 32.4 Å². The van der Waals surface area contributed by atoms with Crippen molar-refractivity contribution in [1.29, 1.82) is 0 Å². The lowest BCUT2D eigenvalue weighted by Crippen LogP contribution is -2.41. The summed E-state index contributed by atoms with van der Waals surface area (Å²) in [5, 5.41) is 0. The summed E-state index contributed by atoms with van der Waals surface area (Å²) in [7, 11) is 2.02. The predicted octanol–water partition coefficient (Wildman–Crippen LogP) is 2.08. The Labute approximate surface area is 73.9 Å². The zero-order chi connectivity index (χ0) is 8.98. The van der Waals surface area contributed by atoms with E-state index in [9.17, 15) is 4.39 Å². The van der Waals surface area contributed by atoms with Crippen LogP contribution < -0.4 is 0 Å². The lowest BCUT2D eigenvalue weighted by Gasteiger charge is -2.33. The largest absolute Gasteiger partial charge is 0.303 e. The first-order chi connectivity index (χ1) is 5.50. The third kappa shape index (κ3) is 0.875. The molecule has 12 heavy (non-hydrogen) atoms. The van der Waals surface area contributed by atoms with E-state index in [1.54, 1.807) is 0 Å². The molecule has 0 amide bonds. The summed E-state index contributed by atoms with van der Waals surface area (Å²) >= 11 is 0. The highest BCUT2D eigenvalue weighted by Crippen LogP contribution is 2.67. The average Bonchev–Trinajstić information content (AvgIpc) is 2.55. The molecule has 0 aromatic heterocycles. The molecule has 2 unspecified atom stereocenters. The molecule has 0 bridgehead atoms. The van der Waals surface area contributed by atoms with Crippen molar-refractivity contribution < 1.29 is 4.39 Å². The van der Waals surface area contributed by atoms with Crippen LogP contribution in [-0.4, -0.2) is 30.7 Å². The molecule has 70 valence electrons. The van der Waals surface area contributed by atoms with Crippen LogP contribution in [0.2, 0.25) is 0 Å². The van der Waals surface area contributed by atoms with Gasteiger partial charge < -0.3 is 4.90 Å². The van der Waals surface area contributed by atoms with Crippen molar-refractivity contribution in [2.75, 3.05) is 20.1 Å². The van der Waals surface area contributed by atoms with E-state index in [1.165, 1.54) is 0 Å². The van der Waals surface area contributed by atoms with Gasteiger partial charge in [-0.2, -0.15) is 0 Å². The van der Waals surface area contributed by atoms with Gasteiger partial charge in [0.25, 0.3) is 0 Å². The molecule has 0 radical (unpaired) electrons. The third-order valence-electron chi connectivity index (χ3n) is 3.93. The second-order valence-electron chi connectivity index (χ2n) is 4.94. The van der Waals surface area contributed by atoms with E-state index in [2.05, 4.69) is 18.7 Å². The summed E-state index contributed by atoms with van der Waals surface area (Å²) in [5.41, 5.74) is -0.784. The second kappa shape index (κ2) is 2.22. The van der Waals surface area contributed by atoms with Crippen molar-refractivity contribution in [1.82, 2.24) is 4.90 Å². The molecule has 1 aliphatic carbocycles. The molecule has 1 saturated carbocycles. The average molecular weight is 171 g/mol. The first kappa shape index (κ1) is 8.49. The van der Waals surface area contributed by atoms with E-state index in [1.807, 2.05) is 7.05 Å². The summed E-state index contributed by atoms with van der Waals surface area (Å²) in [6, 6.07) is 0. The molecule has 1 nitrogen and oxygen atoms in total. The van der Waals surface area contributed by atoms with Crippen molar-refractivity contribution in [3.8, 4) is 0 Å². The fraction of sp³-hybridized carbons (Fsp3) is 1.00. The minimum Gasteiger partial charge on any atom is -0.303 e. The summed E-state index contributed by atoms with van der Waals surface area (Å²) in [6.07, 6.45) is 1.86. The molecule has 1 saturated heterocycles. The highest BCUT2D eigenvalue weighted by atomic mass is 19.1. The van der Waals surface area contributed by atoms with Gasteiger partial charge in [-0.3, -0.25) is 0 Å². The zero-order valence-electron chi connectivity index (χ0n) is 8.23. The van der Waals surface area contributed by atoms with Gasteiger partial charge in [-0.25, -0.2) is 4.39 Å². The number of rotatable bonds is 1. The van der Waals surface area contributed by atoms with Crippen LogP contribution in [0.15, 0.2) is 0 Å². The first-order valence-corrected chi connectivity index (χ1v) is 4.88. The smallest absolute Gasteiger partial charge is 0.130 e. The van der Waals surface area contributed by atoms with Crippen LogP contribution in [0.4, 0.5) is 4.39 Å². The topological polar surface area (TPSA) is 3.24 Å². The van der Waals surface area contributed by atoms with Crippen LogP contribution in [0.3, 0.4) is 0 Å². The Bertz CT molecular complexity index is 204. The number of piperidine rings is 1. The number of alkyl halides is 1. The molecule has 2 heteroatoms. The molecule has 2 aliphatic rings. The predicted molar refractivity (Wildman–Crippen MR) is 47.8 cm³/mol. The van der Waals surface area contributed by atoms with E-state index in [4.69, 9.17) is 0 Å². The molecule has 0 N–H and O–H groups in total. The van der Waals surface area contributed by atoms with Gasteiger partial charge in [0.1, 0.15) is 5.67 Å². The van der Waals surface area contributed by atoms with Crippen LogP contribution in [0.5, 0.6) is 0 Å². The number of hydrogen-bond donors (Lipinski definition) is 0. The Morgan fingerprint density at radius 3 is 2.58 bits per heavy atom. The fourth-order valence-electron chi connectivity index (χ4n) is 2.89. The maximum Gasteiger partial charge on any atom is 0.130 e. The number of likely N-dealkylation sites (tertiary alicyclic amines) is 1. The van der Waals surface area contributed by atoms with Crippen molar-refractivity contribution in [3.63, 3.8) is 0 Å². The van der Waals surface area contributed by atoms with Crippen LogP contribution in [0.25, 0.3) is 0 Å². The van der Waals surface area contributed by atoms with Crippen LogP contribution in [0, 0.1) is 11.3 Å². The Kier molecular flexibility index (Phi) is 1.57. The van der Waals surface area contributed by atoms with E-state index in [-0.39, 0.29) is 5.41 Å². The highest BCUT2D eigenvalue weighted by molar-refractivity contribution is 5.20. The van der Waals surface area contributed by atoms with Crippen molar-refractivity contribution >= 4 is 0 Å². The summed E-state index contributed by atoms with van der Waals surface area (Å²) in [6.45, 7) is 6.05. The minimum absolute atomic E-state index is 0.0551. The van der Waals surface area contributed by atoms with Crippen LogP contribution in [-0.2, 0) is 0 Å². The van der Waals surface area contributed by atoms with E-state index >= 15 is 0 Å². The maximum atomic E-state index is 14.1. The number of nitrogens with zero attached hydrogens (tertiary/aromatic N) is 1. The normalized spacial score (nSPS) is 47.8. The Balaban J connectivity index is 2.15. The molecule has 0 spiro atoms. The standard InChI is InChI=1S/C10H18FN/c1-8(2)9-4-5-12(3)7-10(9,11)6-9/h8H,4-7H2,1-3H3. The highest BCUT2D eigenvalue weighted by Gasteiger charge is 2.71. The van der Waals surface area contributed by atoms with Gasteiger partial charge in [0.05, 0.1) is 0 Å². The third-order valence-corrected chi connectivity index (χ3v) is 3.93. The Hall–Kier alpha value is -0.110. The number of halogens is 1. The van der Waals surface area contributed by atoms with Gasteiger partial charge in [0.2, 0.25) is 0 Å². The molecular formula is C10H18FN. The summed E-state index contributed by atoms with van der Waals surface area (Å²) < 4.78 is 14.1. The lowest BCUT2D eigenvalue weighted by molar-refractivity contribution is 0.0756. The molecule has 1 heterocycles. The van der Waals surface area contributed by atoms with Crippen molar-refractivity contribution in [2.45, 2.75) is 32.4 Å². The molecule has 0 aromatic rings.